The third-order valence-corrected chi connectivity index (χ3v) is 6.61. The lowest BCUT2D eigenvalue weighted by Crippen LogP contribution is -2.56. The van der Waals surface area contributed by atoms with Crippen molar-refractivity contribution in [2.24, 2.45) is 11.8 Å². The highest BCUT2D eigenvalue weighted by Gasteiger charge is 2.55. The van der Waals surface area contributed by atoms with Gasteiger partial charge in [-0.1, -0.05) is 19.9 Å². The Balaban J connectivity index is 1.51. The second-order valence-electron chi connectivity index (χ2n) is 9.12. The van der Waals surface area contributed by atoms with Gasteiger partial charge in [0.15, 0.2) is 0 Å². The zero-order valence-electron chi connectivity index (χ0n) is 18.6. The highest BCUT2D eigenvalue weighted by Crippen LogP contribution is 2.38. The van der Waals surface area contributed by atoms with Crippen molar-refractivity contribution in [3.63, 3.8) is 0 Å². The lowest BCUT2D eigenvalue weighted by atomic mass is 9.73. The molecule has 32 heavy (non-hydrogen) atoms. The SMILES string of the molecule is CC(C)CC[C@]1(C2CCN(C(=O)c3ccoc3)CC2)NC(=O)N(Cc2ccccn2)C1=O. The fourth-order valence-corrected chi connectivity index (χ4v) is 4.75. The molecule has 1 atom stereocenters. The lowest BCUT2D eigenvalue weighted by Gasteiger charge is -2.41. The Morgan fingerprint density at radius 3 is 2.66 bits per heavy atom. The molecule has 4 amide bonds. The average molecular weight is 439 g/mol. The fraction of sp³-hybridized carbons (Fsp3) is 0.500. The van der Waals surface area contributed by atoms with E-state index in [2.05, 4.69) is 24.1 Å². The van der Waals surface area contributed by atoms with Gasteiger partial charge in [0.25, 0.3) is 11.8 Å². The first-order chi connectivity index (χ1) is 15.4. The molecule has 0 unspecified atom stereocenters. The third kappa shape index (κ3) is 4.26. The van der Waals surface area contributed by atoms with E-state index in [0.29, 0.717) is 49.5 Å². The van der Waals surface area contributed by atoms with E-state index in [9.17, 15) is 14.4 Å². The van der Waals surface area contributed by atoms with Crippen LogP contribution >= 0.6 is 0 Å². The van der Waals surface area contributed by atoms with Gasteiger partial charge in [0.2, 0.25) is 0 Å². The van der Waals surface area contributed by atoms with E-state index in [0.717, 1.165) is 6.42 Å². The number of nitrogens with zero attached hydrogens (tertiary/aromatic N) is 3. The molecule has 2 aliphatic rings. The van der Waals surface area contributed by atoms with Gasteiger partial charge in [-0.2, -0.15) is 0 Å². The topological polar surface area (TPSA) is 95.8 Å². The predicted octanol–water partition coefficient (Wildman–Crippen LogP) is 3.45. The summed E-state index contributed by atoms with van der Waals surface area (Å²) in [6.45, 7) is 5.48. The minimum atomic E-state index is -0.930. The molecule has 170 valence electrons. The van der Waals surface area contributed by atoms with Gasteiger partial charge in [0, 0.05) is 19.3 Å². The van der Waals surface area contributed by atoms with Gasteiger partial charge in [-0.25, -0.2) is 4.79 Å². The average Bonchev–Trinajstić information content (AvgIpc) is 3.42. The van der Waals surface area contributed by atoms with Crippen LogP contribution in [-0.2, 0) is 11.3 Å². The minimum Gasteiger partial charge on any atom is -0.472 e. The smallest absolute Gasteiger partial charge is 0.325 e. The Hall–Kier alpha value is -3.16. The van der Waals surface area contributed by atoms with E-state index < -0.39 is 5.54 Å². The number of amides is 4. The van der Waals surface area contributed by atoms with Crippen molar-refractivity contribution in [2.75, 3.05) is 13.1 Å². The molecule has 4 rings (SSSR count). The second kappa shape index (κ2) is 9.14. The van der Waals surface area contributed by atoms with Gasteiger partial charge < -0.3 is 14.6 Å². The number of nitrogens with one attached hydrogen (secondary N) is 1. The van der Waals surface area contributed by atoms with Crippen LogP contribution in [0.4, 0.5) is 4.79 Å². The quantitative estimate of drug-likeness (QED) is 0.668. The number of hydrogen-bond donors (Lipinski definition) is 1. The first kappa shape index (κ1) is 22.0. The zero-order chi connectivity index (χ0) is 22.7. The molecule has 0 radical (unpaired) electrons. The van der Waals surface area contributed by atoms with Crippen LogP contribution in [0.25, 0.3) is 0 Å². The largest absolute Gasteiger partial charge is 0.472 e. The van der Waals surface area contributed by atoms with Gasteiger partial charge >= 0.3 is 6.03 Å². The molecule has 1 N–H and O–H groups in total. The van der Waals surface area contributed by atoms with Gasteiger partial charge in [-0.15, -0.1) is 0 Å². The van der Waals surface area contributed by atoms with Crippen LogP contribution in [0.15, 0.2) is 47.4 Å². The van der Waals surface area contributed by atoms with Crippen molar-refractivity contribution in [3.8, 4) is 0 Å². The van der Waals surface area contributed by atoms with Crippen molar-refractivity contribution in [1.29, 1.82) is 0 Å². The van der Waals surface area contributed by atoms with E-state index in [1.165, 1.54) is 17.4 Å². The summed E-state index contributed by atoms with van der Waals surface area (Å²) in [6.07, 6.45) is 7.34. The molecule has 0 aliphatic carbocycles. The number of piperidine rings is 1. The summed E-state index contributed by atoms with van der Waals surface area (Å²) in [6, 6.07) is 6.77. The molecule has 0 bridgehead atoms. The van der Waals surface area contributed by atoms with Crippen LogP contribution in [0.5, 0.6) is 0 Å². The van der Waals surface area contributed by atoms with Gasteiger partial charge in [-0.3, -0.25) is 19.5 Å². The predicted molar refractivity (Wildman–Crippen MR) is 117 cm³/mol. The number of carbonyl (C=O) groups is 3. The molecule has 8 nitrogen and oxygen atoms in total. The van der Waals surface area contributed by atoms with Crippen molar-refractivity contribution in [1.82, 2.24) is 20.1 Å². The van der Waals surface area contributed by atoms with Crippen LogP contribution in [0.2, 0.25) is 0 Å². The van der Waals surface area contributed by atoms with Crippen LogP contribution in [0, 0.1) is 11.8 Å². The summed E-state index contributed by atoms with van der Waals surface area (Å²) in [5.74, 6) is 0.143. The van der Waals surface area contributed by atoms with Crippen LogP contribution in [0.3, 0.4) is 0 Å². The van der Waals surface area contributed by atoms with E-state index in [-0.39, 0.29) is 30.3 Å². The minimum absolute atomic E-state index is 0.0279. The second-order valence-corrected chi connectivity index (χ2v) is 9.12. The normalized spacial score (nSPS) is 22.0. The zero-order valence-corrected chi connectivity index (χ0v) is 18.6. The molecule has 2 saturated heterocycles. The van der Waals surface area contributed by atoms with Crippen molar-refractivity contribution >= 4 is 17.8 Å². The highest BCUT2D eigenvalue weighted by atomic mass is 16.3. The van der Waals surface area contributed by atoms with E-state index in [1.54, 1.807) is 23.2 Å². The van der Waals surface area contributed by atoms with E-state index in [1.807, 2.05) is 12.1 Å². The van der Waals surface area contributed by atoms with Crippen LogP contribution in [-0.4, -0.2) is 51.3 Å². The van der Waals surface area contributed by atoms with E-state index in [4.69, 9.17) is 4.42 Å². The Bertz CT molecular complexity index is 952. The van der Waals surface area contributed by atoms with E-state index >= 15 is 0 Å². The summed E-state index contributed by atoms with van der Waals surface area (Å²) in [5.41, 5.74) is 0.280. The maximum Gasteiger partial charge on any atom is 0.325 e. The monoisotopic (exact) mass is 438 g/mol. The Kier molecular flexibility index (Phi) is 6.30. The Morgan fingerprint density at radius 1 is 1.25 bits per heavy atom. The standard InChI is InChI=1S/C24H30N4O4/c1-17(2)6-10-24(19-7-12-27(13-8-19)21(29)18-9-14-32-16-18)22(30)28(23(31)26-24)15-20-5-3-4-11-25-20/h3-5,9,11,14,16-17,19H,6-8,10,12-13,15H2,1-2H3,(H,26,31)/t24-/m1/s1. The summed E-state index contributed by atoms with van der Waals surface area (Å²) in [4.78, 5) is 46.6. The first-order valence-electron chi connectivity index (χ1n) is 11.3. The fourth-order valence-electron chi connectivity index (χ4n) is 4.75. The van der Waals surface area contributed by atoms with Gasteiger partial charge in [0.05, 0.1) is 24.1 Å². The molecule has 0 spiro atoms. The number of furan rings is 1. The van der Waals surface area contributed by atoms with Crippen molar-refractivity contribution in [3.05, 3.63) is 54.2 Å². The summed E-state index contributed by atoms with van der Waals surface area (Å²) < 4.78 is 5.04. The van der Waals surface area contributed by atoms with Gasteiger partial charge in [-0.05, 0) is 55.7 Å². The molecular weight excluding hydrogens is 408 g/mol. The van der Waals surface area contributed by atoms with Gasteiger partial charge in [0.1, 0.15) is 11.8 Å². The molecule has 2 aromatic rings. The summed E-state index contributed by atoms with van der Waals surface area (Å²) in [7, 11) is 0. The Morgan fingerprint density at radius 2 is 2.03 bits per heavy atom. The number of hydrogen-bond acceptors (Lipinski definition) is 5. The Labute approximate surface area is 188 Å². The number of urea groups is 1. The molecule has 2 aromatic heterocycles. The molecule has 0 saturated carbocycles. The summed E-state index contributed by atoms with van der Waals surface area (Å²) in [5, 5.41) is 3.08. The molecule has 8 heteroatoms. The molecule has 2 aliphatic heterocycles. The molecule has 2 fully saturated rings. The number of carbonyl (C=O) groups excluding carboxylic acids is 3. The first-order valence-corrected chi connectivity index (χ1v) is 11.3. The number of aromatic nitrogens is 1. The summed E-state index contributed by atoms with van der Waals surface area (Å²) >= 11 is 0. The van der Waals surface area contributed by atoms with Crippen molar-refractivity contribution in [2.45, 2.75) is 51.6 Å². The molecular formula is C24H30N4O4. The number of imide groups is 1. The van der Waals surface area contributed by atoms with Crippen LogP contribution in [0.1, 0.15) is 55.6 Å². The maximum absolute atomic E-state index is 13.7. The van der Waals surface area contributed by atoms with Crippen molar-refractivity contribution < 1.29 is 18.8 Å². The number of rotatable bonds is 7. The number of pyridine rings is 1. The lowest BCUT2D eigenvalue weighted by molar-refractivity contribution is -0.134. The molecule has 4 heterocycles. The van der Waals surface area contributed by atoms with Crippen LogP contribution < -0.4 is 5.32 Å². The molecule has 0 aromatic carbocycles. The third-order valence-electron chi connectivity index (χ3n) is 6.61. The number of likely N-dealkylation sites (tertiary alicyclic amines) is 1. The highest BCUT2D eigenvalue weighted by molar-refractivity contribution is 6.07. The maximum atomic E-state index is 13.7.